The maximum absolute atomic E-state index is 12.3. The maximum Gasteiger partial charge on any atom is 0.326 e. The number of carbonyl (C=O) groups excluding carboxylic acids is 1. The highest BCUT2D eigenvalue weighted by molar-refractivity contribution is 5.88. The number of hydrogen-bond donors (Lipinski definition) is 3. The molecular weight excluding hydrogens is 232 g/mol. The molecule has 3 atom stereocenters. The van der Waals surface area contributed by atoms with E-state index in [-0.39, 0.29) is 11.8 Å². The van der Waals surface area contributed by atoms with Crippen molar-refractivity contribution in [3.63, 3.8) is 0 Å². The Morgan fingerprint density at radius 3 is 2.50 bits per heavy atom. The standard InChI is InChI=1S/C13H24N2O3/c1-4-9(3)10(11(16)17)15-12(18)13(5-2)6-7-14-8-13/h9-10,14H,4-8H2,1-3H3,(H,15,18)(H,16,17). The van der Waals surface area contributed by atoms with E-state index in [1.54, 1.807) is 0 Å². The molecule has 3 unspecified atom stereocenters. The summed E-state index contributed by atoms with van der Waals surface area (Å²) < 4.78 is 0. The molecule has 0 radical (unpaired) electrons. The van der Waals surface area contributed by atoms with Gasteiger partial charge < -0.3 is 15.7 Å². The molecule has 1 saturated heterocycles. The lowest BCUT2D eigenvalue weighted by Gasteiger charge is -2.29. The van der Waals surface area contributed by atoms with Crippen molar-refractivity contribution in [1.82, 2.24) is 10.6 Å². The summed E-state index contributed by atoms with van der Waals surface area (Å²) in [5.41, 5.74) is -0.429. The lowest BCUT2D eigenvalue weighted by atomic mass is 9.82. The molecule has 1 aliphatic rings. The maximum atomic E-state index is 12.3. The summed E-state index contributed by atoms with van der Waals surface area (Å²) in [4.78, 5) is 23.5. The van der Waals surface area contributed by atoms with E-state index in [4.69, 9.17) is 0 Å². The van der Waals surface area contributed by atoms with Crippen molar-refractivity contribution < 1.29 is 14.7 Å². The van der Waals surface area contributed by atoms with Crippen LogP contribution in [0.4, 0.5) is 0 Å². The second-order valence-corrected chi connectivity index (χ2v) is 5.24. The number of carbonyl (C=O) groups is 2. The van der Waals surface area contributed by atoms with Gasteiger partial charge in [-0.3, -0.25) is 4.79 Å². The van der Waals surface area contributed by atoms with Gasteiger partial charge in [-0.2, -0.15) is 0 Å². The molecule has 3 N–H and O–H groups in total. The normalized spacial score (nSPS) is 26.6. The minimum Gasteiger partial charge on any atom is -0.480 e. The van der Waals surface area contributed by atoms with Gasteiger partial charge in [0.05, 0.1) is 5.41 Å². The predicted molar refractivity (Wildman–Crippen MR) is 69.2 cm³/mol. The van der Waals surface area contributed by atoms with Crippen LogP contribution in [0.15, 0.2) is 0 Å². The quantitative estimate of drug-likeness (QED) is 0.662. The highest BCUT2D eigenvalue weighted by Crippen LogP contribution is 2.30. The van der Waals surface area contributed by atoms with E-state index in [0.717, 1.165) is 25.8 Å². The summed E-state index contributed by atoms with van der Waals surface area (Å²) in [7, 11) is 0. The van der Waals surface area contributed by atoms with Crippen LogP contribution in [0.5, 0.6) is 0 Å². The Labute approximate surface area is 108 Å². The average molecular weight is 256 g/mol. The fourth-order valence-corrected chi connectivity index (χ4v) is 2.38. The van der Waals surface area contributed by atoms with E-state index in [0.29, 0.717) is 6.54 Å². The molecule has 0 aliphatic carbocycles. The highest BCUT2D eigenvalue weighted by Gasteiger charge is 2.41. The van der Waals surface area contributed by atoms with Crippen LogP contribution in [0.2, 0.25) is 0 Å². The summed E-state index contributed by atoms with van der Waals surface area (Å²) >= 11 is 0. The average Bonchev–Trinajstić information content (AvgIpc) is 2.84. The molecule has 0 aromatic carbocycles. The van der Waals surface area contributed by atoms with Gasteiger partial charge in [0.25, 0.3) is 0 Å². The summed E-state index contributed by atoms with van der Waals surface area (Å²) in [5, 5.41) is 15.1. The van der Waals surface area contributed by atoms with E-state index in [1.165, 1.54) is 0 Å². The first-order valence-corrected chi connectivity index (χ1v) is 6.71. The Morgan fingerprint density at radius 2 is 2.11 bits per heavy atom. The van der Waals surface area contributed by atoms with E-state index in [9.17, 15) is 14.7 Å². The lowest BCUT2D eigenvalue weighted by Crippen LogP contribution is -2.51. The van der Waals surface area contributed by atoms with Gasteiger partial charge in [0, 0.05) is 6.54 Å². The van der Waals surface area contributed by atoms with Gasteiger partial charge in [-0.15, -0.1) is 0 Å². The molecule has 5 heteroatoms. The zero-order valence-electron chi connectivity index (χ0n) is 11.5. The molecule has 0 bridgehead atoms. The molecule has 0 aromatic rings. The molecule has 0 saturated carbocycles. The van der Waals surface area contributed by atoms with Crippen LogP contribution in [-0.2, 0) is 9.59 Å². The van der Waals surface area contributed by atoms with Crippen molar-refractivity contribution >= 4 is 11.9 Å². The van der Waals surface area contributed by atoms with Crippen LogP contribution in [0.1, 0.15) is 40.0 Å². The zero-order chi connectivity index (χ0) is 13.8. The number of nitrogens with one attached hydrogen (secondary N) is 2. The van der Waals surface area contributed by atoms with Gasteiger partial charge in [-0.25, -0.2) is 4.79 Å². The van der Waals surface area contributed by atoms with Crippen LogP contribution in [0.3, 0.4) is 0 Å². The predicted octanol–water partition coefficient (Wildman–Crippen LogP) is 0.992. The molecule has 5 nitrogen and oxygen atoms in total. The Morgan fingerprint density at radius 1 is 1.44 bits per heavy atom. The minimum absolute atomic E-state index is 0.0604. The Hall–Kier alpha value is -1.10. The third-order valence-corrected chi connectivity index (χ3v) is 4.17. The van der Waals surface area contributed by atoms with Crippen LogP contribution in [-0.4, -0.2) is 36.1 Å². The topological polar surface area (TPSA) is 78.4 Å². The second kappa shape index (κ2) is 6.18. The third-order valence-electron chi connectivity index (χ3n) is 4.17. The van der Waals surface area contributed by atoms with Gasteiger partial charge in [-0.05, 0) is 25.3 Å². The number of hydrogen-bond acceptors (Lipinski definition) is 3. The first-order chi connectivity index (χ1) is 8.46. The number of carboxylic acid groups (broad SMARTS) is 1. The molecule has 1 fully saturated rings. The first-order valence-electron chi connectivity index (χ1n) is 6.71. The van der Waals surface area contributed by atoms with Gasteiger partial charge in [-0.1, -0.05) is 27.2 Å². The van der Waals surface area contributed by atoms with Crippen LogP contribution in [0, 0.1) is 11.3 Å². The molecule has 1 aliphatic heterocycles. The number of rotatable bonds is 6. The Kier molecular flexibility index (Phi) is 5.14. The summed E-state index contributed by atoms with van der Waals surface area (Å²) in [6.45, 7) is 7.22. The SMILES string of the molecule is CCC(C)C(NC(=O)C1(CC)CCNC1)C(=O)O. The Bertz CT molecular complexity index is 311. The van der Waals surface area contributed by atoms with Crippen LogP contribution >= 0.6 is 0 Å². The first kappa shape index (κ1) is 15.0. The van der Waals surface area contributed by atoms with Gasteiger partial charge in [0.1, 0.15) is 6.04 Å². The molecule has 104 valence electrons. The molecule has 1 amide bonds. The molecule has 0 spiro atoms. The molecule has 18 heavy (non-hydrogen) atoms. The monoisotopic (exact) mass is 256 g/mol. The van der Waals surface area contributed by atoms with E-state index >= 15 is 0 Å². The number of carboxylic acids is 1. The minimum atomic E-state index is -0.949. The van der Waals surface area contributed by atoms with E-state index < -0.39 is 17.4 Å². The lowest BCUT2D eigenvalue weighted by molar-refractivity contribution is -0.145. The van der Waals surface area contributed by atoms with Crippen molar-refractivity contribution in [2.24, 2.45) is 11.3 Å². The number of amides is 1. The van der Waals surface area contributed by atoms with Crippen molar-refractivity contribution in [3.8, 4) is 0 Å². The van der Waals surface area contributed by atoms with Crippen molar-refractivity contribution in [1.29, 1.82) is 0 Å². The van der Waals surface area contributed by atoms with E-state index in [1.807, 2.05) is 20.8 Å². The van der Waals surface area contributed by atoms with Gasteiger partial charge >= 0.3 is 5.97 Å². The number of aliphatic carboxylic acids is 1. The van der Waals surface area contributed by atoms with Gasteiger partial charge in [0.15, 0.2) is 0 Å². The van der Waals surface area contributed by atoms with Crippen molar-refractivity contribution in [3.05, 3.63) is 0 Å². The van der Waals surface area contributed by atoms with Crippen LogP contribution < -0.4 is 10.6 Å². The largest absolute Gasteiger partial charge is 0.480 e. The second-order valence-electron chi connectivity index (χ2n) is 5.24. The fraction of sp³-hybridized carbons (Fsp3) is 0.846. The summed E-state index contributed by atoms with van der Waals surface area (Å²) in [5.74, 6) is -1.13. The van der Waals surface area contributed by atoms with Crippen molar-refractivity contribution in [2.75, 3.05) is 13.1 Å². The van der Waals surface area contributed by atoms with E-state index in [2.05, 4.69) is 10.6 Å². The van der Waals surface area contributed by atoms with Gasteiger partial charge in [0.2, 0.25) is 5.91 Å². The Balaban J connectivity index is 2.74. The summed E-state index contributed by atoms with van der Waals surface area (Å²) in [6, 6.07) is -0.786. The van der Waals surface area contributed by atoms with Crippen LogP contribution in [0.25, 0.3) is 0 Å². The smallest absolute Gasteiger partial charge is 0.326 e. The molecule has 1 rings (SSSR count). The third kappa shape index (κ3) is 3.02. The molecular formula is C13H24N2O3. The fourth-order valence-electron chi connectivity index (χ4n) is 2.38. The highest BCUT2D eigenvalue weighted by atomic mass is 16.4. The molecule has 0 aromatic heterocycles. The summed E-state index contributed by atoms with van der Waals surface area (Å²) in [6.07, 6.45) is 2.25. The zero-order valence-corrected chi connectivity index (χ0v) is 11.5. The molecule has 1 heterocycles. The van der Waals surface area contributed by atoms with Crippen molar-refractivity contribution in [2.45, 2.75) is 46.1 Å².